The standard InChI is InChI=1S/C30H35N7O2/c1-20-26(19-39-33-11-14-36-12-5-6-13-36)21(2)34-28(20)16-25-24-15-22(8-9-27(24)35-30(25)38)23-17-32-37(18-23)29-7-3-4-10-31-29/h3-4,7-9,15-18,31,33-34H,5-6,10-14,19H2,1-2H3,(H,35,38)/b25-16-. The lowest BCUT2D eigenvalue weighted by molar-refractivity contribution is -0.110. The molecule has 3 aliphatic heterocycles. The Balaban J connectivity index is 1.18. The van der Waals surface area contributed by atoms with E-state index in [9.17, 15) is 4.79 Å². The molecular weight excluding hydrogens is 490 g/mol. The minimum Gasteiger partial charge on any atom is -0.367 e. The van der Waals surface area contributed by atoms with Crippen LogP contribution < -0.4 is 16.1 Å². The normalized spacial score (nSPS) is 17.9. The van der Waals surface area contributed by atoms with Crippen LogP contribution in [0.25, 0.3) is 28.6 Å². The average Bonchev–Trinajstić information content (AvgIpc) is 3.74. The van der Waals surface area contributed by atoms with Crippen molar-refractivity contribution in [3.8, 4) is 11.1 Å². The third-order valence-corrected chi connectivity index (χ3v) is 7.72. The molecule has 3 aromatic rings. The van der Waals surface area contributed by atoms with Gasteiger partial charge in [-0.3, -0.25) is 9.63 Å². The van der Waals surface area contributed by atoms with Crippen LogP contribution in [-0.2, 0) is 16.2 Å². The summed E-state index contributed by atoms with van der Waals surface area (Å²) < 4.78 is 1.84. The fourth-order valence-electron chi connectivity index (χ4n) is 5.45. The van der Waals surface area contributed by atoms with E-state index in [0.29, 0.717) is 12.2 Å². The van der Waals surface area contributed by atoms with Crippen molar-refractivity contribution >= 4 is 29.1 Å². The highest BCUT2D eigenvalue weighted by Gasteiger charge is 2.26. The Labute approximate surface area is 228 Å². The maximum absolute atomic E-state index is 13.0. The number of aromatic amines is 1. The number of anilines is 1. The van der Waals surface area contributed by atoms with Gasteiger partial charge < -0.3 is 20.5 Å². The molecule has 0 bridgehead atoms. The van der Waals surface area contributed by atoms with E-state index in [0.717, 1.165) is 70.3 Å². The van der Waals surface area contributed by atoms with Crippen LogP contribution in [0.1, 0.15) is 40.9 Å². The molecule has 0 unspecified atom stereocenters. The number of hydrogen-bond acceptors (Lipinski definition) is 6. The number of H-pyrrole nitrogens is 1. The van der Waals surface area contributed by atoms with Gasteiger partial charge in [0.15, 0.2) is 0 Å². The molecule has 1 aromatic carbocycles. The van der Waals surface area contributed by atoms with Gasteiger partial charge in [0.05, 0.1) is 18.4 Å². The highest BCUT2D eigenvalue weighted by Crippen LogP contribution is 2.37. The topological polar surface area (TPSA) is 99.2 Å². The van der Waals surface area contributed by atoms with Crippen LogP contribution in [0.15, 0.2) is 48.8 Å². The molecule has 0 spiro atoms. The quantitative estimate of drug-likeness (QED) is 0.191. The maximum atomic E-state index is 13.0. The summed E-state index contributed by atoms with van der Waals surface area (Å²) in [5.41, 5.74) is 11.6. The SMILES string of the molecule is Cc1[nH]c(/C=C2\C(=O)Nc3ccc(-c4cnn(C5=CC=CCN5)c4)cc32)c(C)c1CONCCN1CCCC1. The fourth-order valence-corrected chi connectivity index (χ4v) is 5.45. The second-order valence-corrected chi connectivity index (χ2v) is 10.3. The van der Waals surface area contributed by atoms with Crippen LogP contribution in [0.5, 0.6) is 0 Å². The van der Waals surface area contributed by atoms with Crippen molar-refractivity contribution < 1.29 is 9.63 Å². The summed E-state index contributed by atoms with van der Waals surface area (Å²) in [6.45, 7) is 9.55. The average molecular weight is 526 g/mol. The Hall–Kier alpha value is -3.92. The molecule has 9 heteroatoms. The van der Waals surface area contributed by atoms with Crippen LogP contribution in [0.2, 0.25) is 0 Å². The Bertz CT molecular complexity index is 1470. The van der Waals surface area contributed by atoms with Crippen molar-refractivity contribution in [2.75, 3.05) is 38.0 Å². The molecule has 202 valence electrons. The molecule has 1 fully saturated rings. The minimum absolute atomic E-state index is 0.103. The van der Waals surface area contributed by atoms with Crippen molar-refractivity contribution in [3.63, 3.8) is 0 Å². The first-order valence-electron chi connectivity index (χ1n) is 13.7. The van der Waals surface area contributed by atoms with E-state index in [4.69, 9.17) is 4.84 Å². The number of dihydropyridines is 1. The van der Waals surface area contributed by atoms with Crippen LogP contribution >= 0.6 is 0 Å². The van der Waals surface area contributed by atoms with Gasteiger partial charge in [-0.2, -0.15) is 5.10 Å². The monoisotopic (exact) mass is 525 g/mol. The fraction of sp³-hybridized carbons (Fsp3) is 0.333. The number of aryl methyl sites for hydroxylation is 1. The summed E-state index contributed by atoms with van der Waals surface area (Å²) in [6.07, 6.45) is 14.5. The number of nitrogens with one attached hydrogen (secondary N) is 4. The van der Waals surface area contributed by atoms with Gasteiger partial charge >= 0.3 is 0 Å². The van der Waals surface area contributed by atoms with Crippen molar-refractivity contribution in [1.29, 1.82) is 0 Å². The molecule has 0 aliphatic carbocycles. The molecule has 39 heavy (non-hydrogen) atoms. The van der Waals surface area contributed by atoms with Gasteiger partial charge in [0.1, 0.15) is 5.82 Å². The molecule has 4 N–H and O–H groups in total. The van der Waals surface area contributed by atoms with Gasteiger partial charge in [0, 0.05) is 59.6 Å². The van der Waals surface area contributed by atoms with Gasteiger partial charge in [-0.1, -0.05) is 18.2 Å². The van der Waals surface area contributed by atoms with E-state index < -0.39 is 0 Å². The largest absolute Gasteiger partial charge is 0.367 e. The second kappa shape index (κ2) is 11.1. The summed E-state index contributed by atoms with van der Waals surface area (Å²) >= 11 is 0. The van der Waals surface area contributed by atoms with E-state index >= 15 is 0 Å². The molecule has 6 rings (SSSR count). The summed E-state index contributed by atoms with van der Waals surface area (Å²) in [5.74, 6) is 0.829. The molecule has 2 aromatic heterocycles. The zero-order valence-electron chi connectivity index (χ0n) is 22.5. The highest BCUT2D eigenvalue weighted by atomic mass is 16.6. The lowest BCUT2D eigenvalue weighted by atomic mass is 10.00. The molecule has 1 amide bonds. The van der Waals surface area contributed by atoms with E-state index in [1.807, 2.05) is 54.4 Å². The van der Waals surface area contributed by atoms with E-state index in [-0.39, 0.29) is 5.91 Å². The first kappa shape index (κ1) is 25.4. The van der Waals surface area contributed by atoms with Gasteiger partial charge in [0.2, 0.25) is 0 Å². The minimum atomic E-state index is -0.103. The number of nitrogens with zero attached hydrogens (tertiary/aromatic N) is 3. The van der Waals surface area contributed by atoms with Crippen LogP contribution in [-0.4, -0.2) is 58.3 Å². The van der Waals surface area contributed by atoms with E-state index in [1.54, 1.807) is 0 Å². The lowest BCUT2D eigenvalue weighted by Gasteiger charge is -2.14. The van der Waals surface area contributed by atoms with Gasteiger partial charge in [-0.15, -0.1) is 0 Å². The summed E-state index contributed by atoms with van der Waals surface area (Å²) in [5, 5.41) is 10.8. The Morgan fingerprint density at radius 2 is 2.05 bits per heavy atom. The lowest BCUT2D eigenvalue weighted by Crippen LogP contribution is -2.30. The number of benzene rings is 1. The molecule has 3 aliphatic rings. The van der Waals surface area contributed by atoms with Crippen molar-refractivity contribution in [2.45, 2.75) is 33.3 Å². The molecule has 1 saturated heterocycles. The van der Waals surface area contributed by atoms with Crippen molar-refractivity contribution in [2.24, 2.45) is 0 Å². The van der Waals surface area contributed by atoms with Gasteiger partial charge in [-0.25, -0.2) is 10.2 Å². The number of amides is 1. The number of hydrogen-bond donors (Lipinski definition) is 4. The third-order valence-electron chi connectivity index (χ3n) is 7.72. The molecule has 0 saturated carbocycles. The number of carbonyl (C=O) groups is 1. The number of hydroxylamine groups is 1. The van der Waals surface area contributed by atoms with Crippen LogP contribution in [0.4, 0.5) is 5.69 Å². The highest BCUT2D eigenvalue weighted by molar-refractivity contribution is 6.35. The predicted molar refractivity (Wildman–Crippen MR) is 154 cm³/mol. The molecule has 0 atom stereocenters. The zero-order chi connectivity index (χ0) is 26.8. The van der Waals surface area contributed by atoms with Crippen molar-refractivity contribution in [1.82, 2.24) is 30.5 Å². The predicted octanol–water partition coefficient (Wildman–Crippen LogP) is 4.06. The number of likely N-dealkylation sites (tertiary alicyclic amines) is 1. The summed E-state index contributed by atoms with van der Waals surface area (Å²) in [6, 6.07) is 6.03. The number of aromatic nitrogens is 3. The zero-order valence-corrected chi connectivity index (χ0v) is 22.5. The van der Waals surface area contributed by atoms with Gasteiger partial charge in [-0.05, 0) is 75.2 Å². The number of allylic oxidation sites excluding steroid dienone is 2. The molecular formula is C30H35N7O2. The first-order valence-corrected chi connectivity index (χ1v) is 13.7. The molecule has 5 heterocycles. The Morgan fingerprint density at radius 1 is 1.18 bits per heavy atom. The van der Waals surface area contributed by atoms with Crippen LogP contribution in [0, 0.1) is 13.8 Å². The summed E-state index contributed by atoms with van der Waals surface area (Å²) in [7, 11) is 0. The molecule has 0 radical (unpaired) electrons. The molecule has 9 nitrogen and oxygen atoms in total. The summed E-state index contributed by atoms with van der Waals surface area (Å²) in [4.78, 5) is 24.7. The van der Waals surface area contributed by atoms with Gasteiger partial charge in [0.25, 0.3) is 5.91 Å². The Kier molecular flexibility index (Phi) is 7.19. The second-order valence-electron chi connectivity index (χ2n) is 10.3. The van der Waals surface area contributed by atoms with E-state index in [2.05, 4.69) is 50.2 Å². The number of fused-ring (bicyclic) bond motifs is 1. The maximum Gasteiger partial charge on any atom is 0.256 e. The Morgan fingerprint density at radius 3 is 2.87 bits per heavy atom. The van der Waals surface area contributed by atoms with Crippen molar-refractivity contribution in [3.05, 3.63) is 76.9 Å². The third kappa shape index (κ3) is 5.34. The number of rotatable bonds is 9. The first-order chi connectivity index (χ1) is 19.1. The van der Waals surface area contributed by atoms with Crippen LogP contribution in [0.3, 0.4) is 0 Å². The van der Waals surface area contributed by atoms with E-state index in [1.165, 1.54) is 25.9 Å². The smallest absolute Gasteiger partial charge is 0.256 e. The number of carbonyl (C=O) groups excluding carboxylic acids is 1.